The molecule has 0 aliphatic carbocycles. The van der Waals surface area contributed by atoms with Crippen molar-refractivity contribution in [2.75, 3.05) is 31.1 Å². The third kappa shape index (κ3) is 4.25. The van der Waals surface area contributed by atoms with Crippen molar-refractivity contribution in [2.45, 2.75) is 44.6 Å². The fraction of sp³-hybridized carbons (Fsp3) is 0.611. The molecular formula is C18H28ClN3O. The lowest BCUT2D eigenvalue weighted by Gasteiger charge is -2.37. The lowest BCUT2D eigenvalue weighted by molar-refractivity contribution is -0.120. The van der Waals surface area contributed by atoms with Gasteiger partial charge in [0.25, 0.3) is 0 Å². The Balaban J connectivity index is 0.00000192. The van der Waals surface area contributed by atoms with Crippen LogP contribution in [0.2, 0.25) is 0 Å². The molecule has 2 heterocycles. The van der Waals surface area contributed by atoms with Crippen molar-refractivity contribution in [1.29, 1.82) is 0 Å². The summed E-state index contributed by atoms with van der Waals surface area (Å²) in [4.78, 5) is 17.2. The van der Waals surface area contributed by atoms with Gasteiger partial charge in [-0.1, -0.05) is 24.6 Å². The number of rotatable bonds is 4. The molecule has 0 spiro atoms. The summed E-state index contributed by atoms with van der Waals surface area (Å²) in [6.45, 7) is 3.14. The average molecular weight is 338 g/mol. The fourth-order valence-corrected chi connectivity index (χ4v) is 3.84. The standard InChI is InChI=1S/C18H27N3O.ClH/c19-11-10-16-8-3-4-12-20(16)14-18(22)21-13-5-7-15-6-1-2-9-17(15)21;/h1-2,6,9,16H,3-5,7-8,10-14,19H2;1H. The predicted octanol–water partition coefficient (Wildman–Crippen LogP) is 2.59. The van der Waals surface area contributed by atoms with Crippen LogP contribution in [0.4, 0.5) is 5.69 Å². The third-order valence-electron chi connectivity index (χ3n) is 5.00. The van der Waals surface area contributed by atoms with Crippen LogP contribution in [0.1, 0.15) is 37.7 Å². The normalized spacial score (nSPS) is 21.4. The van der Waals surface area contributed by atoms with Crippen LogP contribution in [0.25, 0.3) is 0 Å². The number of carbonyl (C=O) groups is 1. The minimum Gasteiger partial charge on any atom is -0.330 e. The molecule has 1 atom stereocenters. The Morgan fingerprint density at radius 2 is 2.00 bits per heavy atom. The van der Waals surface area contributed by atoms with Crippen LogP contribution in [0.3, 0.4) is 0 Å². The Bertz CT molecular complexity index is 521. The number of carbonyl (C=O) groups excluding carboxylic acids is 1. The first kappa shape index (κ1) is 18.2. The van der Waals surface area contributed by atoms with Crippen molar-refractivity contribution in [3.63, 3.8) is 0 Å². The van der Waals surface area contributed by atoms with Crippen molar-refractivity contribution in [1.82, 2.24) is 4.90 Å². The van der Waals surface area contributed by atoms with Gasteiger partial charge in [-0.25, -0.2) is 0 Å². The van der Waals surface area contributed by atoms with Gasteiger partial charge in [0, 0.05) is 18.3 Å². The molecule has 0 bridgehead atoms. The minimum atomic E-state index is 0. The summed E-state index contributed by atoms with van der Waals surface area (Å²) in [5.41, 5.74) is 8.16. The maximum absolute atomic E-state index is 12.8. The van der Waals surface area contributed by atoms with E-state index in [-0.39, 0.29) is 18.3 Å². The minimum absolute atomic E-state index is 0. The number of hydrogen-bond donors (Lipinski definition) is 1. The second kappa shape index (κ2) is 8.67. The van der Waals surface area contributed by atoms with E-state index >= 15 is 0 Å². The number of anilines is 1. The Kier molecular flexibility index (Phi) is 6.88. The van der Waals surface area contributed by atoms with Crippen LogP contribution in [0.15, 0.2) is 24.3 Å². The van der Waals surface area contributed by atoms with Gasteiger partial charge >= 0.3 is 0 Å². The van der Waals surface area contributed by atoms with Gasteiger partial charge in [0.2, 0.25) is 5.91 Å². The van der Waals surface area contributed by atoms with E-state index in [1.54, 1.807) is 0 Å². The molecule has 2 aliphatic rings. The van der Waals surface area contributed by atoms with Gasteiger partial charge in [0.15, 0.2) is 0 Å². The molecule has 1 aromatic carbocycles. The highest BCUT2D eigenvalue weighted by Gasteiger charge is 2.28. The van der Waals surface area contributed by atoms with E-state index in [2.05, 4.69) is 23.1 Å². The summed E-state index contributed by atoms with van der Waals surface area (Å²) < 4.78 is 0. The maximum atomic E-state index is 12.8. The fourth-order valence-electron chi connectivity index (χ4n) is 3.84. The van der Waals surface area contributed by atoms with Crippen LogP contribution < -0.4 is 10.6 Å². The number of halogens is 1. The summed E-state index contributed by atoms with van der Waals surface area (Å²) in [7, 11) is 0. The molecule has 1 aromatic rings. The van der Waals surface area contributed by atoms with E-state index < -0.39 is 0 Å². The second-order valence-corrected chi connectivity index (χ2v) is 6.48. The van der Waals surface area contributed by atoms with E-state index in [1.165, 1.54) is 24.8 Å². The zero-order valence-electron chi connectivity index (χ0n) is 13.7. The van der Waals surface area contributed by atoms with Crippen molar-refractivity contribution < 1.29 is 4.79 Å². The molecular weight excluding hydrogens is 310 g/mol. The summed E-state index contributed by atoms with van der Waals surface area (Å²) in [5.74, 6) is 0.246. The summed E-state index contributed by atoms with van der Waals surface area (Å²) in [6.07, 6.45) is 6.80. The lowest BCUT2D eigenvalue weighted by Crippen LogP contribution is -2.48. The predicted molar refractivity (Wildman–Crippen MR) is 97.2 cm³/mol. The summed E-state index contributed by atoms with van der Waals surface area (Å²) in [5, 5.41) is 0. The van der Waals surface area contributed by atoms with Crippen molar-refractivity contribution >= 4 is 24.0 Å². The van der Waals surface area contributed by atoms with Gasteiger partial charge < -0.3 is 10.6 Å². The van der Waals surface area contributed by atoms with Gasteiger partial charge in [-0.15, -0.1) is 12.4 Å². The number of nitrogens with two attached hydrogens (primary N) is 1. The second-order valence-electron chi connectivity index (χ2n) is 6.48. The highest BCUT2D eigenvalue weighted by Crippen LogP contribution is 2.27. The van der Waals surface area contributed by atoms with Crippen LogP contribution in [-0.2, 0) is 11.2 Å². The van der Waals surface area contributed by atoms with Gasteiger partial charge in [-0.05, 0) is 56.8 Å². The van der Waals surface area contributed by atoms with E-state index in [4.69, 9.17) is 5.73 Å². The maximum Gasteiger partial charge on any atom is 0.241 e. The molecule has 0 aromatic heterocycles. The van der Waals surface area contributed by atoms with Crippen molar-refractivity contribution in [3.05, 3.63) is 29.8 Å². The lowest BCUT2D eigenvalue weighted by atomic mass is 9.98. The zero-order valence-corrected chi connectivity index (χ0v) is 14.6. The van der Waals surface area contributed by atoms with Gasteiger partial charge in [-0.2, -0.15) is 0 Å². The number of fused-ring (bicyclic) bond motifs is 1. The number of amides is 1. The van der Waals surface area contributed by atoms with Gasteiger partial charge in [0.05, 0.1) is 6.54 Å². The molecule has 2 N–H and O–H groups in total. The largest absolute Gasteiger partial charge is 0.330 e. The SMILES string of the molecule is Cl.NCCC1CCCCN1CC(=O)N1CCCc2ccccc21. The quantitative estimate of drug-likeness (QED) is 0.918. The highest BCUT2D eigenvalue weighted by molar-refractivity contribution is 5.96. The summed E-state index contributed by atoms with van der Waals surface area (Å²) in [6, 6.07) is 8.81. The Hall–Kier alpha value is -1.10. The highest BCUT2D eigenvalue weighted by atomic mass is 35.5. The van der Waals surface area contributed by atoms with Crippen molar-refractivity contribution in [3.8, 4) is 0 Å². The molecule has 4 nitrogen and oxygen atoms in total. The van der Waals surface area contributed by atoms with Gasteiger partial charge in [0.1, 0.15) is 0 Å². The van der Waals surface area contributed by atoms with Crippen LogP contribution in [0.5, 0.6) is 0 Å². The summed E-state index contributed by atoms with van der Waals surface area (Å²) >= 11 is 0. The number of aryl methyl sites for hydroxylation is 1. The topological polar surface area (TPSA) is 49.6 Å². The number of para-hydroxylation sites is 1. The Morgan fingerprint density at radius 1 is 1.17 bits per heavy atom. The first-order valence-electron chi connectivity index (χ1n) is 8.62. The molecule has 5 heteroatoms. The monoisotopic (exact) mass is 337 g/mol. The smallest absolute Gasteiger partial charge is 0.241 e. The van der Waals surface area contributed by atoms with Crippen LogP contribution in [-0.4, -0.2) is 43.0 Å². The molecule has 1 saturated heterocycles. The van der Waals surface area contributed by atoms with E-state index in [9.17, 15) is 4.79 Å². The van der Waals surface area contributed by atoms with E-state index in [0.717, 1.165) is 38.0 Å². The zero-order chi connectivity index (χ0) is 15.4. The van der Waals surface area contributed by atoms with Crippen molar-refractivity contribution in [2.24, 2.45) is 5.73 Å². The average Bonchev–Trinajstić information content (AvgIpc) is 2.56. The Morgan fingerprint density at radius 3 is 2.83 bits per heavy atom. The van der Waals surface area contributed by atoms with Crippen LogP contribution in [0, 0.1) is 0 Å². The molecule has 0 radical (unpaired) electrons. The number of likely N-dealkylation sites (tertiary alicyclic amines) is 1. The number of nitrogens with zero attached hydrogens (tertiary/aromatic N) is 2. The molecule has 128 valence electrons. The molecule has 23 heavy (non-hydrogen) atoms. The molecule has 3 rings (SSSR count). The molecule has 0 saturated carbocycles. The molecule has 1 fully saturated rings. The van der Waals surface area contributed by atoms with Crippen LogP contribution >= 0.6 is 12.4 Å². The van der Waals surface area contributed by atoms with Gasteiger partial charge in [-0.3, -0.25) is 9.69 Å². The molecule has 2 aliphatic heterocycles. The number of benzene rings is 1. The first-order valence-corrected chi connectivity index (χ1v) is 8.62. The molecule has 1 unspecified atom stereocenters. The third-order valence-corrected chi connectivity index (χ3v) is 5.00. The van der Waals surface area contributed by atoms with E-state index in [1.807, 2.05) is 11.0 Å². The number of piperidine rings is 1. The first-order chi connectivity index (χ1) is 10.8. The molecule has 1 amide bonds. The number of hydrogen-bond acceptors (Lipinski definition) is 3. The van der Waals surface area contributed by atoms with E-state index in [0.29, 0.717) is 19.1 Å². The Labute approximate surface area is 145 Å².